The number of anilines is 1. The summed E-state index contributed by atoms with van der Waals surface area (Å²) in [6, 6.07) is 19.5. The molecule has 0 spiro atoms. The van der Waals surface area contributed by atoms with Gasteiger partial charge in [-0.1, -0.05) is 60.7 Å². The maximum atomic E-state index is 13.5. The minimum atomic E-state index is -0.457. The van der Waals surface area contributed by atoms with E-state index in [0.29, 0.717) is 17.2 Å². The highest BCUT2D eigenvalue weighted by Gasteiger charge is 2.29. The molecule has 0 bridgehead atoms. The van der Waals surface area contributed by atoms with Crippen molar-refractivity contribution in [3.8, 4) is 0 Å². The van der Waals surface area contributed by atoms with Crippen molar-refractivity contribution in [2.75, 3.05) is 11.9 Å². The molecule has 0 radical (unpaired) electrons. The van der Waals surface area contributed by atoms with Crippen molar-refractivity contribution in [1.29, 1.82) is 0 Å². The van der Waals surface area contributed by atoms with E-state index >= 15 is 0 Å². The fourth-order valence-electron chi connectivity index (χ4n) is 4.04. The first-order chi connectivity index (χ1) is 14.7. The van der Waals surface area contributed by atoms with Gasteiger partial charge in [0.2, 0.25) is 5.91 Å². The van der Waals surface area contributed by atoms with Crippen molar-refractivity contribution in [2.24, 2.45) is 0 Å². The summed E-state index contributed by atoms with van der Waals surface area (Å²) < 4.78 is 5.32. The van der Waals surface area contributed by atoms with Gasteiger partial charge in [0.15, 0.2) is 0 Å². The summed E-state index contributed by atoms with van der Waals surface area (Å²) in [4.78, 5) is 27.4. The first kappa shape index (κ1) is 20.4. The van der Waals surface area contributed by atoms with Gasteiger partial charge in [-0.05, 0) is 49.3 Å². The van der Waals surface area contributed by atoms with Gasteiger partial charge in [0.1, 0.15) is 5.00 Å². The lowest BCUT2D eigenvalue weighted by molar-refractivity contribution is -0.116. The summed E-state index contributed by atoms with van der Waals surface area (Å²) in [5.41, 5.74) is 3.43. The predicted octanol–water partition coefficient (Wildman–Crippen LogP) is 5.57. The minimum Gasteiger partial charge on any atom is -0.462 e. The number of carbonyl (C=O) groups is 2. The molecule has 0 saturated carbocycles. The van der Waals surface area contributed by atoms with Gasteiger partial charge in [0, 0.05) is 4.88 Å². The van der Waals surface area contributed by atoms with Crippen LogP contribution in [0.25, 0.3) is 0 Å². The molecule has 154 valence electrons. The van der Waals surface area contributed by atoms with Crippen LogP contribution in [0.4, 0.5) is 5.00 Å². The van der Waals surface area contributed by atoms with Crippen LogP contribution >= 0.6 is 11.3 Å². The van der Waals surface area contributed by atoms with Crippen LogP contribution in [0.1, 0.15) is 57.6 Å². The smallest absolute Gasteiger partial charge is 0.341 e. The molecule has 4 nitrogen and oxygen atoms in total. The SMILES string of the molecule is CCOC(=O)c1c(NC(=O)C(c2ccccc2)c2ccccc2)sc2c1CCCC2. The topological polar surface area (TPSA) is 55.4 Å². The Morgan fingerprint density at radius 1 is 0.967 bits per heavy atom. The van der Waals surface area contributed by atoms with Gasteiger partial charge in [0.05, 0.1) is 18.1 Å². The Bertz CT molecular complexity index is 988. The molecule has 0 aliphatic heterocycles. The standard InChI is InChI=1S/C25H25NO3S/c1-2-29-25(28)22-19-15-9-10-16-20(19)30-24(22)26-23(27)21(17-11-5-3-6-12-17)18-13-7-4-8-14-18/h3-8,11-14,21H,2,9-10,15-16H2,1H3,(H,26,27). The second kappa shape index (κ2) is 9.26. The maximum absolute atomic E-state index is 13.5. The second-order valence-electron chi connectivity index (χ2n) is 7.38. The molecule has 5 heteroatoms. The summed E-state index contributed by atoms with van der Waals surface area (Å²) in [6.07, 6.45) is 3.97. The van der Waals surface area contributed by atoms with Crippen LogP contribution in [-0.2, 0) is 22.4 Å². The number of hydrogen-bond donors (Lipinski definition) is 1. The maximum Gasteiger partial charge on any atom is 0.341 e. The van der Waals surface area contributed by atoms with Crippen molar-refractivity contribution in [2.45, 2.75) is 38.5 Å². The fraction of sp³-hybridized carbons (Fsp3) is 0.280. The van der Waals surface area contributed by atoms with Gasteiger partial charge in [0.25, 0.3) is 0 Å². The quantitative estimate of drug-likeness (QED) is 0.531. The summed E-state index contributed by atoms with van der Waals surface area (Å²) in [6.45, 7) is 2.11. The van der Waals surface area contributed by atoms with Crippen molar-refractivity contribution in [1.82, 2.24) is 0 Å². The van der Waals surface area contributed by atoms with Crippen molar-refractivity contribution in [3.05, 3.63) is 87.8 Å². The number of fused-ring (bicyclic) bond motifs is 1. The molecule has 0 saturated heterocycles. The average Bonchev–Trinajstić information content (AvgIpc) is 3.13. The highest BCUT2D eigenvalue weighted by molar-refractivity contribution is 7.17. The monoisotopic (exact) mass is 419 g/mol. The van der Waals surface area contributed by atoms with Gasteiger partial charge in [-0.15, -0.1) is 11.3 Å². The van der Waals surface area contributed by atoms with E-state index in [-0.39, 0.29) is 11.9 Å². The van der Waals surface area contributed by atoms with Crippen LogP contribution in [0.15, 0.2) is 60.7 Å². The number of amides is 1. The van der Waals surface area contributed by atoms with Crippen LogP contribution in [-0.4, -0.2) is 18.5 Å². The van der Waals surface area contributed by atoms with Crippen molar-refractivity contribution in [3.63, 3.8) is 0 Å². The van der Waals surface area contributed by atoms with Crippen LogP contribution < -0.4 is 5.32 Å². The molecule has 2 aromatic carbocycles. The number of esters is 1. The zero-order valence-corrected chi connectivity index (χ0v) is 17.8. The molecule has 0 unspecified atom stereocenters. The van der Waals surface area contributed by atoms with E-state index in [4.69, 9.17) is 4.74 Å². The summed E-state index contributed by atoms with van der Waals surface area (Å²) >= 11 is 1.52. The lowest BCUT2D eigenvalue weighted by Gasteiger charge is -2.18. The van der Waals surface area contributed by atoms with E-state index in [9.17, 15) is 9.59 Å². The Hall–Kier alpha value is -2.92. The van der Waals surface area contributed by atoms with Crippen molar-refractivity contribution < 1.29 is 14.3 Å². The predicted molar refractivity (Wildman–Crippen MR) is 120 cm³/mol. The van der Waals surface area contributed by atoms with Crippen LogP contribution in [0.3, 0.4) is 0 Å². The Kier molecular flexibility index (Phi) is 6.29. The lowest BCUT2D eigenvalue weighted by atomic mass is 9.90. The van der Waals surface area contributed by atoms with Crippen LogP contribution in [0.5, 0.6) is 0 Å². The number of hydrogen-bond acceptors (Lipinski definition) is 4. The number of benzene rings is 2. The molecular weight excluding hydrogens is 394 g/mol. The Morgan fingerprint density at radius 2 is 1.57 bits per heavy atom. The van der Waals surface area contributed by atoms with Gasteiger partial charge in [-0.3, -0.25) is 4.79 Å². The summed E-state index contributed by atoms with van der Waals surface area (Å²) in [7, 11) is 0. The normalized spacial score (nSPS) is 13.0. The Labute approximate surface area is 180 Å². The van der Waals surface area contributed by atoms with Gasteiger partial charge in [-0.2, -0.15) is 0 Å². The fourth-order valence-corrected chi connectivity index (χ4v) is 5.32. The largest absolute Gasteiger partial charge is 0.462 e. The number of aryl methyl sites for hydroxylation is 1. The molecule has 1 aromatic heterocycles. The Balaban J connectivity index is 1.71. The first-order valence-corrected chi connectivity index (χ1v) is 11.2. The van der Waals surface area contributed by atoms with Crippen LogP contribution in [0.2, 0.25) is 0 Å². The van der Waals surface area contributed by atoms with Gasteiger partial charge >= 0.3 is 5.97 Å². The second-order valence-corrected chi connectivity index (χ2v) is 8.48. The molecule has 0 atom stereocenters. The molecule has 1 amide bonds. The zero-order valence-electron chi connectivity index (χ0n) is 17.0. The van der Waals surface area contributed by atoms with Gasteiger partial charge in [-0.25, -0.2) is 4.79 Å². The molecule has 1 aliphatic carbocycles. The van der Waals surface area contributed by atoms with E-state index in [1.807, 2.05) is 60.7 Å². The number of ether oxygens (including phenoxy) is 1. The van der Waals surface area contributed by atoms with E-state index in [1.165, 1.54) is 16.2 Å². The summed E-state index contributed by atoms with van der Waals surface area (Å²) in [5, 5.41) is 3.70. The molecule has 30 heavy (non-hydrogen) atoms. The first-order valence-electron chi connectivity index (χ1n) is 10.4. The Morgan fingerprint density at radius 3 is 2.17 bits per heavy atom. The van der Waals surface area contributed by atoms with E-state index in [2.05, 4.69) is 5.32 Å². The lowest BCUT2D eigenvalue weighted by Crippen LogP contribution is -2.23. The number of carbonyl (C=O) groups excluding carboxylic acids is 2. The van der Waals surface area contributed by atoms with E-state index in [1.54, 1.807) is 6.92 Å². The molecular formula is C25H25NO3S. The summed E-state index contributed by atoms with van der Waals surface area (Å²) in [5.74, 6) is -0.943. The molecule has 3 aromatic rings. The van der Waals surface area contributed by atoms with E-state index in [0.717, 1.165) is 42.4 Å². The molecule has 1 N–H and O–H groups in total. The minimum absolute atomic E-state index is 0.142. The third-order valence-electron chi connectivity index (χ3n) is 5.42. The average molecular weight is 420 g/mol. The highest BCUT2D eigenvalue weighted by Crippen LogP contribution is 2.39. The third kappa shape index (κ3) is 4.17. The number of rotatable bonds is 6. The van der Waals surface area contributed by atoms with Crippen molar-refractivity contribution >= 4 is 28.2 Å². The molecule has 1 aliphatic rings. The van der Waals surface area contributed by atoms with Crippen LogP contribution in [0, 0.1) is 0 Å². The third-order valence-corrected chi connectivity index (χ3v) is 6.62. The number of nitrogens with one attached hydrogen (secondary N) is 1. The molecule has 1 heterocycles. The zero-order chi connectivity index (χ0) is 20.9. The molecule has 4 rings (SSSR count). The van der Waals surface area contributed by atoms with E-state index < -0.39 is 5.92 Å². The number of thiophene rings is 1. The van der Waals surface area contributed by atoms with Gasteiger partial charge < -0.3 is 10.1 Å². The molecule has 0 fully saturated rings. The highest BCUT2D eigenvalue weighted by atomic mass is 32.1.